The topological polar surface area (TPSA) is 20.2 Å². The maximum Gasteiger partial charge on any atom is 0.0814 e. The molecule has 0 bridgehead atoms. The van der Waals surface area contributed by atoms with Gasteiger partial charge in [-0.25, -0.2) is 0 Å². The SMILES string of the molecule is CCCN1CCC[C@@H]2c3cccc4c3c(c(C)n4NC=S)C[C@H]21. The average Bonchev–Trinajstić information content (AvgIpc) is 2.84. The molecule has 1 aromatic carbocycles. The van der Waals surface area contributed by atoms with E-state index in [1.807, 2.05) is 0 Å². The molecule has 1 aromatic heterocycles. The van der Waals surface area contributed by atoms with E-state index < -0.39 is 0 Å². The molecule has 1 aliphatic heterocycles. The van der Waals surface area contributed by atoms with Crippen LogP contribution in [0.5, 0.6) is 0 Å². The van der Waals surface area contributed by atoms with Crippen LogP contribution in [0, 0.1) is 6.92 Å². The number of hydrogen-bond donors (Lipinski definition) is 1. The van der Waals surface area contributed by atoms with Crippen molar-refractivity contribution in [1.29, 1.82) is 0 Å². The number of piperidine rings is 1. The summed E-state index contributed by atoms with van der Waals surface area (Å²) >= 11 is 5.04. The lowest BCUT2D eigenvalue weighted by molar-refractivity contribution is 0.124. The Balaban J connectivity index is 1.88. The molecule has 3 nitrogen and oxygen atoms in total. The number of fused-ring (bicyclic) bond motifs is 2. The first-order valence-electron chi connectivity index (χ1n) is 8.83. The van der Waals surface area contributed by atoms with Gasteiger partial charge in [0.15, 0.2) is 0 Å². The Labute approximate surface area is 143 Å². The van der Waals surface area contributed by atoms with E-state index in [4.69, 9.17) is 12.2 Å². The molecule has 2 atom stereocenters. The van der Waals surface area contributed by atoms with Crippen molar-refractivity contribution in [1.82, 2.24) is 9.58 Å². The highest BCUT2D eigenvalue weighted by Crippen LogP contribution is 2.45. The Morgan fingerprint density at radius 1 is 1.39 bits per heavy atom. The summed E-state index contributed by atoms with van der Waals surface area (Å²) in [6.45, 7) is 7.00. The van der Waals surface area contributed by atoms with Crippen LogP contribution in [0.25, 0.3) is 10.9 Å². The minimum absolute atomic E-state index is 0.670. The number of benzene rings is 1. The standard InChI is InChI=1S/C19H25N3S/c1-3-9-21-10-5-7-14-15-6-4-8-17-19(15)16(11-18(14)21)13(2)22(17)20-12-23/h4,6,8,12,14,18H,3,5,7,9-11H2,1-2H3,(H,20,23)/t14-,18-/m1/s1. The van der Waals surface area contributed by atoms with Gasteiger partial charge in [-0.3, -0.25) is 15.0 Å². The van der Waals surface area contributed by atoms with Crippen molar-refractivity contribution in [2.45, 2.75) is 51.5 Å². The van der Waals surface area contributed by atoms with Gasteiger partial charge in [-0.2, -0.15) is 0 Å². The van der Waals surface area contributed by atoms with Crippen molar-refractivity contribution >= 4 is 28.6 Å². The molecule has 1 aliphatic carbocycles. The van der Waals surface area contributed by atoms with Crippen molar-refractivity contribution in [3.63, 3.8) is 0 Å². The van der Waals surface area contributed by atoms with E-state index in [-0.39, 0.29) is 0 Å². The molecule has 23 heavy (non-hydrogen) atoms. The zero-order valence-electron chi connectivity index (χ0n) is 14.0. The zero-order valence-corrected chi connectivity index (χ0v) is 14.8. The fourth-order valence-corrected chi connectivity index (χ4v) is 4.99. The highest BCUT2D eigenvalue weighted by molar-refractivity contribution is 7.79. The van der Waals surface area contributed by atoms with Gasteiger partial charge >= 0.3 is 0 Å². The molecule has 122 valence electrons. The maximum absolute atomic E-state index is 5.04. The van der Waals surface area contributed by atoms with E-state index in [0.29, 0.717) is 12.0 Å². The summed E-state index contributed by atoms with van der Waals surface area (Å²) in [6, 6.07) is 7.46. The molecule has 4 heteroatoms. The molecular weight excluding hydrogens is 302 g/mol. The van der Waals surface area contributed by atoms with Gasteiger partial charge < -0.3 is 0 Å². The van der Waals surface area contributed by atoms with Crippen molar-refractivity contribution < 1.29 is 0 Å². The number of nitrogens with one attached hydrogen (secondary N) is 1. The third kappa shape index (κ3) is 2.23. The number of likely N-dealkylation sites (tertiary alicyclic amines) is 1. The summed E-state index contributed by atoms with van der Waals surface area (Å²) in [5, 5.41) is 1.48. The van der Waals surface area contributed by atoms with E-state index in [9.17, 15) is 0 Å². The second-order valence-electron chi connectivity index (χ2n) is 6.94. The third-order valence-corrected chi connectivity index (χ3v) is 5.89. The van der Waals surface area contributed by atoms with Crippen molar-refractivity contribution in [3.8, 4) is 0 Å². The van der Waals surface area contributed by atoms with Gasteiger partial charge in [0.2, 0.25) is 0 Å². The first-order chi connectivity index (χ1) is 11.3. The highest BCUT2D eigenvalue weighted by Gasteiger charge is 2.38. The summed E-state index contributed by atoms with van der Waals surface area (Å²) in [6.07, 6.45) is 5.07. The fourth-order valence-electron chi connectivity index (χ4n) is 4.88. The minimum atomic E-state index is 0.670. The molecule has 1 saturated heterocycles. The Kier molecular flexibility index (Phi) is 3.90. The molecule has 2 aromatic rings. The van der Waals surface area contributed by atoms with Crippen LogP contribution in [0.3, 0.4) is 0 Å². The molecular formula is C19H25N3S. The molecule has 2 heterocycles. The lowest BCUT2D eigenvalue weighted by Gasteiger charge is -2.44. The number of hydrogen-bond acceptors (Lipinski definition) is 2. The maximum atomic E-state index is 5.04. The highest BCUT2D eigenvalue weighted by atomic mass is 32.1. The van der Waals surface area contributed by atoms with E-state index in [1.165, 1.54) is 60.9 Å². The van der Waals surface area contributed by atoms with Crippen LogP contribution in [0.2, 0.25) is 0 Å². The van der Waals surface area contributed by atoms with Crippen LogP contribution >= 0.6 is 12.2 Å². The molecule has 2 aliphatic rings. The van der Waals surface area contributed by atoms with Crippen LogP contribution in [0.1, 0.15) is 48.9 Å². The van der Waals surface area contributed by atoms with Gasteiger partial charge in [-0.05, 0) is 62.9 Å². The van der Waals surface area contributed by atoms with Gasteiger partial charge in [0.1, 0.15) is 0 Å². The molecule has 0 spiro atoms. The van der Waals surface area contributed by atoms with Crippen LogP contribution < -0.4 is 5.43 Å². The van der Waals surface area contributed by atoms with E-state index in [2.05, 4.69) is 47.0 Å². The predicted octanol–water partition coefficient (Wildman–Crippen LogP) is 3.96. The Morgan fingerprint density at radius 3 is 3.04 bits per heavy atom. The molecule has 1 N–H and O–H groups in total. The van der Waals surface area contributed by atoms with Gasteiger partial charge in [0, 0.05) is 23.0 Å². The average molecular weight is 327 g/mol. The molecule has 0 radical (unpaired) electrons. The van der Waals surface area contributed by atoms with E-state index in [1.54, 1.807) is 11.1 Å². The van der Waals surface area contributed by atoms with Gasteiger partial charge in [-0.1, -0.05) is 31.3 Å². The fraction of sp³-hybridized carbons (Fsp3) is 0.526. The first kappa shape index (κ1) is 15.2. The quantitative estimate of drug-likeness (QED) is 0.858. The lowest BCUT2D eigenvalue weighted by Crippen LogP contribution is -2.47. The van der Waals surface area contributed by atoms with E-state index >= 15 is 0 Å². The summed E-state index contributed by atoms with van der Waals surface area (Å²) < 4.78 is 2.17. The Bertz CT molecular complexity index is 747. The smallest absolute Gasteiger partial charge is 0.0814 e. The largest absolute Gasteiger partial charge is 0.299 e. The van der Waals surface area contributed by atoms with Gasteiger partial charge in [0.25, 0.3) is 0 Å². The van der Waals surface area contributed by atoms with Crippen LogP contribution in [-0.2, 0) is 6.42 Å². The molecule has 0 unspecified atom stereocenters. The Hall–Kier alpha value is -1.39. The lowest BCUT2D eigenvalue weighted by atomic mass is 9.74. The second kappa shape index (κ2) is 5.91. The molecule has 4 rings (SSSR count). The van der Waals surface area contributed by atoms with Crippen molar-refractivity contribution in [2.24, 2.45) is 0 Å². The molecule has 1 fully saturated rings. The van der Waals surface area contributed by atoms with Gasteiger partial charge in [0.05, 0.1) is 11.0 Å². The van der Waals surface area contributed by atoms with Gasteiger partial charge in [-0.15, -0.1) is 0 Å². The monoisotopic (exact) mass is 327 g/mol. The second-order valence-corrected chi connectivity index (χ2v) is 7.18. The minimum Gasteiger partial charge on any atom is -0.299 e. The first-order valence-corrected chi connectivity index (χ1v) is 9.30. The number of rotatable bonds is 4. The van der Waals surface area contributed by atoms with Crippen molar-refractivity contribution in [2.75, 3.05) is 18.5 Å². The Morgan fingerprint density at radius 2 is 2.26 bits per heavy atom. The van der Waals surface area contributed by atoms with Crippen LogP contribution in [0.4, 0.5) is 0 Å². The third-order valence-electron chi connectivity index (χ3n) is 5.79. The predicted molar refractivity (Wildman–Crippen MR) is 101 cm³/mol. The summed E-state index contributed by atoms with van der Waals surface area (Å²) in [5.41, 5.74) is 10.5. The molecule has 0 amide bonds. The number of nitrogens with zero attached hydrogens (tertiary/aromatic N) is 2. The summed E-state index contributed by atoms with van der Waals surface area (Å²) in [7, 11) is 0. The normalized spacial score (nSPS) is 23.7. The molecule has 0 saturated carbocycles. The zero-order chi connectivity index (χ0) is 16.0. The van der Waals surface area contributed by atoms with Crippen LogP contribution in [0.15, 0.2) is 18.2 Å². The summed E-state index contributed by atoms with van der Waals surface area (Å²) in [4.78, 5) is 2.74. The van der Waals surface area contributed by atoms with Crippen LogP contribution in [-0.4, -0.2) is 34.2 Å². The van der Waals surface area contributed by atoms with Crippen molar-refractivity contribution in [3.05, 3.63) is 35.0 Å². The van der Waals surface area contributed by atoms with E-state index in [0.717, 1.165) is 0 Å². The number of aromatic nitrogens is 1. The number of thiocarbonyl (C=S) groups is 1. The summed E-state index contributed by atoms with van der Waals surface area (Å²) in [5.74, 6) is 0.689.